The van der Waals surface area contributed by atoms with E-state index >= 15 is 0 Å². The maximum atomic E-state index is 11.8. The van der Waals surface area contributed by atoms with E-state index in [0.717, 1.165) is 5.56 Å². The fourth-order valence-electron chi connectivity index (χ4n) is 1.52. The lowest BCUT2D eigenvalue weighted by Gasteiger charge is -2.06. The lowest BCUT2D eigenvalue weighted by molar-refractivity contribution is 0.0736. The molecule has 2 aromatic rings. The summed E-state index contributed by atoms with van der Waals surface area (Å²) in [6.07, 6.45) is 0. The van der Waals surface area contributed by atoms with Gasteiger partial charge in [-0.2, -0.15) is 0 Å². The van der Waals surface area contributed by atoms with Crippen molar-refractivity contribution in [3.05, 3.63) is 59.7 Å². The minimum atomic E-state index is -0.436. The number of hydrogen-bond donors (Lipinski definition) is 1. The first-order chi connectivity index (χ1) is 8.16. The average molecular weight is 227 g/mol. The predicted octanol–water partition coefficient (Wildman–Crippen LogP) is 2.80. The summed E-state index contributed by atoms with van der Waals surface area (Å²) in [5, 5.41) is 0. The second-order valence-electron chi connectivity index (χ2n) is 3.79. The molecule has 3 heteroatoms. The molecule has 2 aromatic carbocycles. The van der Waals surface area contributed by atoms with E-state index in [1.807, 2.05) is 19.1 Å². The number of aryl methyl sites for hydroxylation is 1. The van der Waals surface area contributed by atoms with Gasteiger partial charge >= 0.3 is 5.97 Å². The number of para-hydroxylation sites is 1. The van der Waals surface area contributed by atoms with Gasteiger partial charge < -0.3 is 10.5 Å². The Kier molecular flexibility index (Phi) is 3.10. The summed E-state index contributed by atoms with van der Waals surface area (Å²) in [5.74, 6) is 0.0898. The van der Waals surface area contributed by atoms with Crippen LogP contribution in [0.15, 0.2) is 48.5 Å². The quantitative estimate of drug-likeness (QED) is 0.487. The molecule has 0 unspecified atom stereocenters. The molecule has 0 saturated heterocycles. The summed E-state index contributed by atoms with van der Waals surface area (Å²) in [7, 11) is 0. The van der Waals surface area contributed by atoms with Crippen molar-refractivity contribution in [2.75, 3.05) is 5.73 Å². The second kappa shape index (κ2) is 4.70. The van der Waals surface area contributed by atoms with Gasteiger partial charge in [0.25, 0.3) is 0 Å². The predicted molar refractivity (Wildman–Crippen MR) is 67.0 cm³/mol. The van der Waals surface area contributed by atoms with Crippen molar-refractivity contribution in [1.82, 2.24) is 0 Å². The topological polar surface area (TPSA) is 52.3 Å². The summed E-state index contributed by atoms with van der Waals surface area (Å²) in [5.41, 5.74) is 7.55. The molecule has 3 nitrogen and oxygen atoms in total. The molecule has 17 heavy (non-hydrogen) atoms. The second-order valence-corrected chi connectivity index (χ2v) is 3.79. The fourth-order valence-corrected chi connectivity index (χ4v) is 1.52. The Hall–Kier alpha value is -2.29. The zero-order valence-electron chi connectivity index (χ0n) is 9.51. The van der Waals surface area contributed by atoms with E-state index in [0.29, 0.717) is 17.0 Å². The van der Waals surface area contributed by atoms with Crippen LogP contribution in [0.3, 0.4) is 0 Å². The number of nitrogens with two attached hydrogens (primary N) is 1. The van der Waals surface area contributed by atoms with E-state index in [-0.39, 0.29) is 0 Å². The number of rotatable bonds is 2. The Labute approximate surface area is 99.8 Å². The third kappa shape index (κ3) is 2.64. The first kappa shape index (κ1) is 11.2. The maximum absolute atomic E-state index is 11.8. The number of carbonyl (C=O) groups is 1. The monoisotopic (exact) mass is 227 g/mol. The highest BCUT2D eigenvalue weighted by Crippen LogP contribution is 2.17. The van der Waals surface area contributed by atoms with Gasteiger partial charge in [-0.1, -0.05) is 24.3 Å². The molecule has 0 saturated carbocycles. The minimum absolute atomic E-state index is 0.383. The molecular formula is C14H13NO2. The summed E-state index contributed by atoms with van der Waals surface area (Å²) in [6.45, 7) is 1.94. The summed E-state index contributed by atoms with van der Waals surface area (Å²) >= 11 is 0. The number of nitrogen functional groups attached to an aromatic ring is 1. The average Bonchev–Trinajstić information content (AvgIpc) is 2.29. The van der Waals surface area contributed by atoms with E-state index < -0.39 is 5.97 Å². The smallest absolute Gasteiger partial charge is 0.345 e. The highest BCUT2D eigenvalue weighted by molar-refractivity contribution is 5.96. The molecule has 0 radical (unpaired) electrons. The summed E-state index contributed by atoms with van der Waals surface area (Å²) in [6, 6.07) is 14.2. The fraction of sp³-hybridized carbons (Fsp3) is 0.0714. The lowest BCUT2D eigenvalue weighted by Crippen LogP contribution is -2.10. The Morgan fingerprint density at radius 1 is 1.12 bits per heavy atom. The van der Waals surface area contributed by atoms with Crippen LogP contribution in [0.2, 0.25) is 0 Å². The van der Waals surface area contributed by atoms with Crippen molar-refractivity contribution >= 4 is 11.7 Å². The van der Waals surface area contributed by atoms with Crippen molar-refractivity contribution < 1.29 is 9.53 Å². The number of anilines is 1. The Morgan fingerprint density at radius 2 is 1.88 bits per heavy atom. The van der Waals surface area contributed by atoms with Crippen LogP contribution in [0.5, 0.6) is 5.75 Å². The molecule has 2 N–H and O–H groups in total. The van der Waals surface area contributed by atoms with Crippen LogP contribution in [-0.2, 0) is 0 Å². The molecular weight excluding hydrogens is 214 g/mol. The van der Waals surface area contributed by atoms with Crippen molar-refractivity contribution in [3.63, 3.8) is 0 Å². The van der Waals surface area contributed by atoms with E-state index in [1.165, 1.54) is 0 Å². The molecule has 0 spiro atoms. The maximum Gasteiger partial charge on any atom is 0.345 e. The molecule has 0 aliphatic rings. The zero-order valence-corrected chi connectivity index (χ0v) is 9.51. The van der Waals surface area contributed by atoms with Gasteiger partial charge in [-0.05, 0) is 36.8 Å². The van der Waals surface area contributed by atoms with E-state index in [9.17, 15) is 4.79 Å². The van der Waals surface area contributed by atoms with Crippen LogP contribution < -0.4 is 10.5 Å². The third-order valence-corrected chi connectivity index (χ3v) is 2.38. The molecule has 2 rings (SSSR count). The molecule has 0 aliphatic heterocycles. The zero-order chi connectivity index (χ0) is 12.3. The number of esters is 1. The van der Waals surface area contributed by atoms with Crippen LogP contribution in [-0.4, -0.2) is 5.97 Å². The highest BCUT2D eigenvalue weighted by Gasteiger charge is 2.11. The van der Waals surface area contributed by atoms with E-state index in [2.05, 4.69) is 0 Å². The number of benzene rings is 2. The van der Waals surface area contributed by atoms with Gasteiger partial charge in [0.2, 0.25) is 0 Å². The Bertz CT molecular complexity index is 549. The molecule has 0 heterocycles. The van der Waals surface area contributed by atoms with Gasteiger partial charge in [0.15, 0.2) is 0 Å². The van der Waals surface area contributed by atoms with Crippen molar-refractivity contribution in [2.45, 2.75) is 6.92 Å². The number of ether oxygens (including phenoxy) is 1. The van der Waals surface area contributed by atoms with Gasteiger partial charge in [-0.3, -0.25) is 0 Å². The van der Waals surface area contributed by atoms with Crippen LogP contribution in [0.4, 0.5) is 5.69 Å². The SMILES string of the molecule is Cc1cccc(OC(=O)c2ccccc2N)c1. The molecule has 0 bridgehead atoms. The molecule has 0 atom stereocenters. The van der Waals surface area contributed by atoms with E-state index in [1.54, 1.807) is 36.4 Å². The van der Waals surface area contributed by atoms with Gasteiger partial charge in [-0.25, -0.2) is 4.79 Å². The highest BCUT2D eigenvalue weighted by atomic mass is 16.5. The molecule has 0 amide bonds. The molecule has 0 aliphatic carbocycles. The summed E-state index contributed by atoms with van der Waals surface area (Å²) in [4.78, 5) is 11.8. The largest absolute Gasteiger partial charge is 0.423 e. The van der Waals surface area contributed by atoms with E-state index in [4.69, 9.17) is 10.5 Å². The first-order valence-corrected chi connectivity index (χ1v) is 5.30. The number of hydrogen-bond acceptors (Lipinski definition) is 3. The Morgan fingerprint density at radius 3 is 2.59 bits per heavy atom. The summed E-state index contributed by atoms with van der Waals surface area (Å²) < 4.78 is 5.24. The minimum Gasteiger partial charge on any atom is -0.423 e. The van der Waals surface area contributed by atoms with Gasteiger partial charge in [-0.15, -0.1) is 0 Å². The van der Waals surface area contributed by atoms with Crippen LogP contribution >= 0.6 is 0 Å². The normalized spacial score (nSPS) is 9.94. The van der Waals surface area contributed by atoms with Crippen LogP contribution in [0.1, 0.15) is 15.9 Å². The first-order valence-electron chi connectivity index (χ1n) is 5.30. The molecule has 0 fully saturated rings. The standard InChI is InChI=1S/C14H13NO2/c1-10-5-4-6-11(9-10)17-14(16)12-7-2-3-8-13(12)15/h2-9H,15H2,1H3. The van der Waals surface area contributed by atoms with Gasteiger partial charge in [0, 0.05) is 5.69 Å². The molecule has 0 aromatic heterocycles. The van der Waals surface area contributed by atoms with Crippen LogP contribution in [0.25, 0.3) is 0 Å². The van der Waals surface area contributed by atoms with Crippen molar-refractivity contribution in [2.24, 2.45) is 0 Å². The van der Waals surface area contributed by atoms with Crippen molar-refractivity contribution in [3.8, 4) is 5.75 Å². The van der Waals surface area contributed by atoms with Gasteiger partial charge in [0.05, 0.1) is 5.56 Å². The Balaban J connectivity index is 2.20. The van der Waals surface area contributed by atoms with Gasteiger partial charge in [0.1, 0.15) is 5.75 Å². The molecule has 86 valence electrons. The number of carbonyl (C=O) groups excluding carboxylic acids is 1. The van der Waals surface area contributed by atoms with Crippen LogP contribution in [0, 0.1) is 6.92 Å². The van der Waals surface area contributed by atoms with Crippen molar-refractivity contribution in [1.29, 1.82) is 0 Å². The third-order valence-electron chi connectivity index (χ3n) is 2.38. The lowest BCUT2D eigenvalue weighted by atomic mass is 10.2.